The lowest BCUT2D eigenvalue weighted by molar-refractivity contribution is -0.121. The van der Waals surface area contributed by atoms with E-state index in [1.165, 1.54) is 12.1 Å². The van der Waals surface area contributed by atoms with E-state index in [-0.39, 0.29) is 17.5 Å². The van der Waals surface area contributed by atoms with Gasteiger partial charge in [-0.05, 0) is 36.4 Å². The summed E-state index contributed by atoms with van der Waals surface area (Å²) in [5, 5.41) is 20.1. The molecule has 0 spiro atoms. The molecule has 28 heavy (non-hydrogen) atoms. The highest BCUT2D eigenvalue weighted by molar-refractivity contribution is 8.15. The van der Waals surface area contributed by atoms with Gasteiger partial charge in [0.2, 0.25) is 11.8 Å². The minimum atomic E-state index is -0.731. The van der Waals surface area contributed by atoms with Crippen LogP contribution in [0, 0.1) is 22.8 Å². The van der Waals surface area contributed by atoms with Crippen molar-refractivity contribution in [2.75, 3.05) is 4.90 Å². The highest BCUT2D eigenvalue weighted by Gasteiger charge is 2.40. The maximum Gasteiger partial charge on any atom is 0.247 e. The van der Waals surface area contributed by atoms with E-state index in [9.17, 15) is 9.59 Å². The molecule has 1 N–H and O–H groups in total. The lowest BCUT2D eigenvalue weighted by Gasteiger charge is -2.15. The van der Waals surface area contributed by atoms with Crippen LogP contribution in [0.4, 0.5) is 11.4 Å². The van der Waals surface area contributed by atoms with Crippen molar-refractivity contribution in [3.63, 3.8) is 0 Å². The number of rotatable bonds is 3. The number of halogens is 1. The number of hydrogen-bond acceptors (Lipinski definition) is 6. The summed E-state index contributed by atoms with van der Waals surface area (Å²) in [6.45, 7) is 0. The average molecular weight is 410 g/mol. The van der Waals surface area contributed by atoms with Gasteiger partial charge in [0.05, 0.1) is 28.0 Å². The van der Waals surface area contributed by atoms with Gasteiger partial charge in [-0.3, -0.25) is 14.9 Å². The molecule has 0 bridgehead atoms. The second-order valence-corrected chi connectivity index (χ2v) is 7.24. The summed E-state index contributed by atoms with van der Waals surface area (Å²) < 4.78 is 0. The van der Waals surface area contributed by atoms with Crippen molar-refractivity contribution < 1.29 is 9.59 Å². The van der Waals surface area contributed by atoms with E-state index in [1.807, 2.05) is 6.07 Å². The Balaban J connectivity index is 1.82. The summed E-state index contributed by atoms with van der Waals surface area (Å²) in [6, 6.07) is 15.0. The van der Waals surface area contributed by atoms with Gasteiger partial charge in [0, 0.05) is 6.42 Å². The molecule has 0 radical (unpaired) electrons. The Morgan fingerprint density at radius 1 is 1.18 bits per heavy atom. The number of thioether (sulfide) groups is 1. The molecule has 2 amide bonds. The van der Waals surface area contributed by atoms with Crippen molar-refractivity contribution in [1.29, 1.82) is 10.5 Å². The minimum absolute atomic E-state index is 0.0296. The van der Waals surface area contributed by atoms with Crippen molar-refractivity contribution in [3.05, 3.63) is 59.1 Å². The molecule has 0 aromatic heterocycles. The van der Waals surface area contributed by atoms with E-state index >= 15 is 0 Å². The molecule has 1 aliphatic rings. The quantitative estimate of drug-likeness (QED) is 0.274. The van der Waals surface area contributed by atoms with E-state index in [2.05, 4.69) is 10.3 Å². The zero-order valence-electron chi connectivity index (χ0n) is 14.3. The second-order valence-electron chi connectivity index (χ2n) is 5.64. The Labute approximate surface area is 170 Å². The van der Waals surface area contributed by atoms with Crippen LogP contribution in [0.1, 0.15) is 12.0 Å². The van der Waals surface area contributed by atoms with Crippen molar-refractivity contribution in [3.8, 4) is 12.3 Å². The van der Waals surface area contributed by atoms with Crippen LogP contribution in [0.15, 0.2) is 53.5 Å². The van der Waals surface area contributed by atoms with Gasteiger partial charge in [0.1, 0.15) is 5.25 Å². The first kappa shape index (κ1) is 19.4. The van der Waals surface area contributed by atoms with Crippen LogP contribution in [0.3, 0.4) is 0 Å². The van der Waals surface area contributed by atoms with Crippen LogP contribution in [-0.2, 0) is 9.59 Å². The number of amides is 2. The predicted octanol–water partition coefficient (Wildman–Crippen LogP) is 3.34. The molecule has 1 unspecified atom stereocenters. The molecule has 1 heterocycles. The number of amidine groups is 1. The zero-order valence-corrected chi connectivity index (χ0v) is 15.9. The number of para-hydroxylation sites is 1. The molecule has 1 atom stereocenters. The number of carbonyl (C=O) groups is 2. The monoisotopic (exact) mass is 409 g/mol. The van der Waals surface area contributed by atoms with Crippen LogP contribution >= 0.6 is 23.4 Å². The average Bonchev–Trinajstić information content (AvgIpc) is 2.97. The molecule has 2 aromatic rings. The Morgan fingerprint density at radius 2 is 1.89 bits per heavy atom. The third kappa shape index (κ3) is 4.15. The first-order valence-corrected chi connectivity index (χ1v) is 9.31. The normalized spacial score (nSPS) is 16.6. The lowest BCUT2D eigenvalue weighted by Crippen LogP contribution is -2.32. The Morgan fingerprint density at radius 3 is 2.54 bits per heavy atom. The van der Waals surface area contributed by atoms with E-state index in [0.717, 1.165) is 16.7 Å². The Kier molecular flexibility index (Phi) is 5.95. The van der Waals surface area contributed by atoms with Crippen LogP contribution in [0.5, 0.6) is 0 Å². The molecule has 1 saturated heterocycles. The van der Waals surface area contributed by atoms with E-state index in [1.54, 1.807) is 42.6 Å². The summed E-state index contributed by atoms with van der Waals surface area (Å²) >= 11 is 7.08. The SMILES string of the molecule is N#CNC(=Nc1ccccc1Cl)SC1CC(=O)N(c2ccc(C#N)cc2)C1=O. The maximum atomic E-state index is 12.8. The van der Waals surface area contributed by atoms with Gasteiger partial charge in [-0.1, -0.05) is 35.5 Å². The molecule has 138 valence electrons. The first-order chi connectivity index (χ1) is 13.5. The van der Waals surface area contributed by atoms with Crippen molar-refractivity contribution in [2.45, 2.75) is 11.7 Å². The van der Waals surface area contributed by atoms with Gasteiger partial charge >= 0.3 is 0 Å². The minimum Gasteiger partial charge on any atom is -0.274 e. The Bertz CT molecular complexity index is 1040. The molecule has 0 saturated carbocycles. The highest BCUT2D eigenvalue weighted by atomic mass is 35.5. The summed E-state index contributed by atoms with van der Waals surface area (Å²) in [7, 11) is 0. The fourth-order valence-corrected chi connectivity index (χ4v) is 3.71. The van der Waals surface area contributed by atoms with Crippen molar-refractivity contribution in [2.24, 2.45) is 4.99 Å². The standard InChI is InChI=1S/C19H12ClN5O2S/c20-14-3-1-2-4-15(14)24-19(23-11-22)28-16-9-17(26)25(18(16)27)13-7-5-12(10-21)6-8-13/h1-8,16H,9H2,(H,23,24). The Hall–Kier alpha value is -3.33. The third-order valence-electron chi connectivity index (χ3n) is 3.85. The summed E-state index contributed by atoms with van der Waals surface area (Å²) in [6.07, 6.45) is 1.75. The first-order valence-electron chi connectivity index (χ1n) is 8.05. The summed E-state index contributed by atoms with van der Waals surface area (Å²) in [4.78, 5) is 30.5. The molecule has 1 aliphatic heterocycles. The number of carbonyl (C=O) groups excluding carboxylic acids is 2. The molecule has 9 heteroatoms. The zero-order chi connectivity index (χ0) is 20.1. The van der Waals surface area contributed by atoms with Gasteiger partial charge in [-0.2, -0.15) is 10.5 Å². The molecule has 1 fully saturated rings. The van der Waals surface area contributed by atoms with Gasteiger partial charge in [0.25, 0.3) is 0 Å². The number of nitrogens with one attached hydrogen (secondary N) is 1. The van der Waals surface area contributed by atoms with E-state index in [0.29, 0.717) is 22.0 Å². The van der Waals surface area contributed by atoms with Gasteiger partial charge < -0.3 is 0 Å². The smallest absolute Gasteiger partial charge is 0.247 e. The molecular formula is C19H12ClN5O2S. The number of aliphatic imine (C=N–C) groups is 1. The van der Waals surface area contributed by atoms with Crippen LogP contribution in [0.2, 0.25) is 5.02 Å². The summed E-state index contributed by atoms with van der Waals surface area (Å²) in [5.74, 6) is -0.771. The topological polar surface area (TPSA) is 109 Å². The highest BCUT2D eigenvalue weighted by Crippen LogP contribution is 2.32. The fourth-order valence-electron chi connectivity index (χ4n) is 2.57. The van der Waals surface area contributed by atoms with Crippen LogP contribution in [-0.4, -0.2) is 22.2 Å². The van der Waals surface area contributed by atoms with Crippen LogP contribution < -0.4 is 10.2 Å². The molecule has 0 aliphatic carbocycles. The van der Waals surface area contributed by atoms with E-state index < -0.39 is 11.2 Å². The van der Waals surface area contributed by atoms with Gasteiger partial charge in [-0.25, -0.2) is 9.89 Å². The van der Waals surface area contributed by atoms with Crippen molar-refractivity contribution >= 4 is 51.7 Å². The maximum absolute atomic E-state index is 12.8. The van der Waals surface area contributed by atoms with Gasteiger partial charge in [-0.15, -0.1) is 0 Å². The second kappa shape index (κ2) is 8.57. The number of anilines is 1. The molecule has 7 nitrogen and oxygen atoms in total. The number of imide groups is 1. The predicted molar refractivity (Wildman–Crippen MR) is 107 cm³/mol. The van der Waals surface area contributed by atoms with Crippen LogP contribution in [0.25, 0.3) is 0 Å². The molecule has 3 rings (SSSR count). The lowest BCUT2D eigenvalue weighted by atomic mass is 10.2. The summed E-state index contributed by atoms with van der Waals surface area (Å²) in [5.41, 5.74) is 1.27. The van der Waals surface area contributed by atoms with Crippen molar-refractivity contribution in [1.82, 2.24) is 5.32 Å². The van der Waals surface area contributed by atoms with Gasteiger partial charge in [0.15, 0.2) is 11.4 Å². The molecule has 2 aromatic carbocycles. The van der Waals surface area contributed by atoms with E-state index in [4.69, 9.17) is 22.1 Å². The fraction of sp³-hybridized carbons (Fsp3) is 0.105. The molecular weight excluding hydrogens is 398 g/mol. The number of hydrogen-bond donors (Lipinski definition) is 1. The number of nitriles is 2. The number of benzene rings is 2. The number of nitrogens with zero attached hydrogens (tertiary/aromatic N) is 4. The largest absolute Gasteiger partial charge is 0.274 e. The third-order valence-corrected chi connectivity index (χ3v) is 5.24.